The van der Waals surface area contributed by atoms with Gasteiger partial charge in [0.15, 0.2) is 0 Å². The molecule has 37 heavy (non-hydrogen) atoms. The fourth-order valence-electron chi connectivity index (χ4n) is 6.30. The van der Waals surface area contributed by atoms with E-state index in [0.717, 1.165) is 51.4 Å². The van der Waals surface area contributed by atoms with Crippen molar-refractivity contribution < 1.29 is 38.9 Å². The molecule has 2 fully saturated rings. The van der Waals surface area contributed by atoms with Crippen LogP contribution in [0.3, 0.4) is 0 Å². The average Bonchev–Trinajstić information content (AvgIpc) is 2.81. The van der Waals surface area contributed by atoms with E-state index < -0.39 is 17.9 Å². The number of carboxylic acids is 2. The number of hydrogen-bond donors (Lipinski definition) is 2. The summed E-state index contributed by atoms with van der Waals surface area (Å²) in [5.41, 5.74) is 0. The molecule has 0 aromatic rings. The highest BCUT2D eigenvalue weighted by Crippen LogP contribution is 2.41. The third-order valence-corrected chi connectivity index (χ3v) is 8.55. The smallest absolute Gasteiger partial charge is 0.306 e. The SMILES string of the molecule is CC(C)[C@@H]1CCC(CC[C@@H](C)C2CC[C@@H](C)C[C@H]2OC(=O)CCC(=O)O)C[C@H]1OC(=O)CCCC(=O)O. The van der Waals surface area contributed by atoms with Crippen molar-refractivity contribution in [1.29, 1.82) is 0 Å². The zero-order valence-corrected chi connectivity index (χ0v) is 23.2. The molecule has 0 amide bonds. The summed E-state index contributed by atoms with van der Waals surface area (Å²) in [6, 6.07) is 0. The summed E-state index contributed by atoms with van der Waals surface area (Å²) in [6.45, 7) is 8.74. The number of carbonyl (C=O) groups is 4. The van der Waals surface area contributed by atoms with Crippen LogP contribution in [-0.4, -0.2) is 46.3 Å². The fraction of sp³-hybridized carbons (Fsp3) is 0.862. The number of carboxylic acid groups (broad SMARTS) is 2. The molecule has 2 rings (SSSR count). The van der Waals surface area contributed by atoms with Crippen molar-refractivity contribution in [3.05, 3.63) is 0 Å². The Morgan fingerprint density at radius 2 is 1.35 bits per heavy atom. The van der Waals surface area contributed by atoms with Gasteiger partial charge in [0, 0.05) is 12.8 Å². The number of ether oxygens (including phenoxy) is 2. The maximum absolute atomic E-state index is 12.4. The van der Waals surface area contributed by atoms with Gasteiger partial charge in [0.25, 0.3) is 0 Å². The van der Waals surface area contributed by atoms with Crippen LogP contribution in [0.4, 0.5) is 0 Å². The quantitative estimate of drug-likeness (QED) is 0.271. The van der Waals surface area contributed by atoms with E-state index in [1.165, 1.54) is 0 Å². The van der Waals surface area contributed by atoms with Gasteiger partial charge in [-0.25, -0.2) is 0 Å². The minimum Gasteiger partial charge on any atom is -0.481 e. The molecule has 7 atom stereocenters. The maximum Gasteiger partial charge on any atom is 0.306 e. The number of esters is 2. The van der Waals surface area contributed by atoms with Crippen molar-refractivity contribution in [3.63, 3.8) is 0 Å². The van der Waals surface area contributed by atoms with E-state index in [9.17, 15) is 19.2 Å². The van der Waals surface area contributed by atoms with Gasteiger partial charge in [0.2, 0.25) is 0 Å². The Kier molecular flexibility index (Phi) is 12.9. The van der Waals surface area contributed by atoms with Gasteiger partial charge in [0.1, 0.15) is 12.2 Å². The minimum atomic E-state index is -0.990. The third-order valence-electron chi connectivity index (χ3n) is 8.55. The molecule has 8 nitrogen and oxygen atoms in total. The van der Waals surface area contributed by atoms with Crippen molar-refractivity contribution in [3.8, 4) is 0 Å². The van der Waals surface area contributed by atoms with Crippen molar-refractivity contribution in [2.24, 2.45) is 35.5 Å². The lowest BCUT2D eigenvalue weighted by molar-refractivity contribution is -0.159. The summed E-state index contributed by atoms with van der Waals surface area (Å²) in [5.74, 6) is -0.256. The Labute approximate surface area is 221 Å². The molecule has 0 bridgehead atoms. The summed E-state index contributed by atoms with van der Waals surface area (Å²) in [6.07, 6.45) is 7.82. The molecule has 2 saturated carbocycles. The summed E-state index contributed by atoms with van der Waals surface area (Å²) in [7, 11) is 0. The first-order chi connectivity index (χ1) is 17.5. The number of carbonyl (C=O) groups excluding carboxylic acids is 2. The Bertz CT molecular complexity index is 763. The second kappa shape index (κ2) is 15.3. The van der Waals surface area contributed by atoms with E-state index in [0.29, 0.717) is 36.0 Å². The minimum absolute atomic E-state index is 0.0241. The molecule has 0 saturated heterocycles. The third kappa shape index (κ3) is 11.0. The van der Waals surface area contributed by atoms with Crippen LogP contribution in [0.2, 0.25) is 0 Å². The molecule has 2 N–H and O–H groups in total. The second-order valence-corrected chi connectivity index (χ2v) is 11.9. The summed E-state index contributed by atoms with van der Waals surface area (Å²) >= 11 is 0. The molecule has 0 heterocycles. The lowest BCUT2D eigenvalue weighted by Gasteiger charge is -2.40. The summed E-state index contributed by atoms with van der Waals surface area (Å²) in [5, 5.41) is 17.7. The topological polar surface area (TPSA) is 127 Å². The Balaban J connectivity index is 1.90. The van der Waals surface area contributed by atoms with Gasteiger partial charge in [-0.1, -0.05) is 47.0 Å². The molecule has 0 radical (unpaired) electrons. The van der Waals surface area contributed by atoms with Crippen LogP contribution in [-0.2, 0) is 28.7 Å². The number of hydrogen-bond acceptors (Lipinski definition) is 6. The van der Waals surface area contributed by atoms with Gasteiger partial charge in [-0.3, -0.25) is 19.2 Å². The van der Waals surface area contributed by atoms with Crippen LogP contribution in [0.5, 0.6) is 0 Å². The molecule has 2 unspecified atom stereocenters. The van der Waals surface area contributed by atoms with Crippen molar-refractivity contribution in [2.45, 2.75) is 123 Å². The highest BCUT2D eigenvalue weighted by atomic mass is 16.5. The lowest BCUT2D eigenvalue weighted by atomic mass is 9.70. The Morgan fingerprint density at radius 1 is 0.757 bits per heavy atom. The van der Waals surface area contributed by atoms with Crippen LogP contribution in [0.1, 0.15) is 111 Å². The second-order valence-electron chi connectivity index (χ2n) is 11.9. The van der Waals surface area contributed by atoms with Gasteiger partial charge in [-0.15, -0.1) is 0 Å². The van der Waals surface area contributed by atoms with Gasteiger partial charge in [0.05, 0.1) is 12.8 Å². The largest absolute Gasteiger partial charge is 0.481 e. The molecular weight excluding hydrogens is 476 g/mol. The molecule has 0 aromatic heterocycles. The average molecular weight is 525 g/mol. The van der Waals surface area contributed by atoms with E-state index in [1.807, 2.05) is 0 Å². The predicted octanol–water partition coefficient (Wildman–Crippen LogP) is 5.85. The highest BCUT2D eigenvalue weighted by molar-refractivity contribution is 5.76. The van der Waals surface area contributed by atoms with Crippen molar-refractivity contribution in [1.82, 2.24) is 0 Å². The summed E-state index contributed by atoms with van der Waals surface area (Å²) in [4.78, 5) is 46.2. The zero-order valence-electron chi connectivity index (χ0n) is 23.2. The van der Waals surface area contributed by atoms with E-state index >= 15 is 0 Å². The fourth-order valence-corrected chi connectivity index (χ4v) is 6.30. The van der Waals surface area contributed by atoms with E-state index in [-0.39, 0.29) is 49.8 Å². The predicted molar refractivity (Wildman–Crippen MR) is 139 cm³/mol. The Morgan fingerprint density at radius 3 is 1.97 bits per heavy atom. The van der Waals surface area contributed by atoms with E-state index in [1.54, 1.807) is 0 Å². The molecule has 212 valence electrons. The molecule has 0 aromatic carbocycles. The van der Waals surface area contributed by atoms with Gasteiger partial charge < -0.3 is 19.7 Å². The van der Waals surface area contributed by atoms with Crippen LogP contribution < -0.4 is 0 Å². The molecule has 0 aliphatic heterocycles. The molecular formula is C29H48O8. The summed E-state index contributed by atoms with van der Waals surface area (Å²) < 4.78 is 11.7. The normalized spacial score (nSPS) is 28.9. The van der Waals surface area contributed by atoms with Crippen LogP contribution in [0.15, 0.2) is 0 Å². The van der Waals surface area contributed by atoms with Crippen LogP contribution >= 0.6 is 0 Å². The van der Waals surface area contributed by atoms with Crippen molar-refractivity contribution >= 4 is 23.9 Å². The van der Waals surface area contributed by atoms with Gasteiger partial charge in [-0.05, 0) is 74.0 Å². The first-order valence-electron chi connectivity index (χ1n) is 14.3. The van der Waals surface area contributed by atoms with E-state index in [4.69, 9.17) is 19.7 Å². The standard InChI is InChI=1S/C29H48O8/c1-18(2)22-13-11-21(17-25(22)37-28(34)7-5-6-26(30)31)10-9-20(4)23-12-8-19(3)16-24(23)36-29(35)15-14-27(32)33/h18-25H,5-17H2,1-4H3,(H,30,31)(H,32,33)/t19-,20-,21?,22+,23?,24-,25-/m1/s1. The molecule has 2 aliphatic rings. The number of rotatable bonds is 14. The van der Waals surface area contributed by atoms with Crippen LogP contribution in [0, 0.1) is 35.5 Å². The molecule has 8 heteroatoms. The van der Waals surface area contributed by atoms with Crippen LogP contribution in [0.25, 0.3) is 0 Å². The highest BCUT2D eigenvalue weighted by Gasteiger charge is 2.37. The zero-order chi connectivity index (χ0) is 27.5. The molecule has 2 aliphatic carbocycles. The molecule has 0 spiro atoms. The first-order valence-corrected chi connectivity index (χ1v) is 14.3. The number of aliphatic carboxylic acids is 2. The van der Waals surface area contributed by atoms with Gasteiger partial charge >= 0.3 is 23.9 Å². The monoisotopic (exact) mass is 524 g/mol. The van der Waals surface area contributed by atoms with Gasteiger partial charge in [-0.2, -0.15) is 0 Å². The van der Waals surface area contributed by atoms with E-state index in [2.05, 4.69) is 27.7 Å². The first kappa shape index (κ1) is 31.1. The lowest BCUT2D eigenvalue weighted by Crippen LogP contribution is -2.38. The Hall–Kier alpha value is -2.12. The van der Waals surface area contributed by atoms with Crippen molar-refractivity contribution in [2.75, 3.05) is 0 Å². The maximum atomic E-state index is 12.4.